The van der Waals surface area contributed by atoms with E-state index in [1.807, 2.05) is 20.9 Å². The largest absolute Gasteiger partial charge is 0.388 e. The highest BCUT2D eigenvalue weighted by atomic mass is 16.5. The first kappa shape index (κ1) is 9.85. The third-order valence-corrected chi connectivity index (χ3v) is 2.33. The molecule has 15 heavy (non-hydrogen) atoms. The van der Waals surface area contributed by atoms with Gasteiger partial charge >= 0.3 is 0 Å². The fourth-order valence-corrected chi connectivity index (χ4v) is 1.50. The lowest BCUT2D eigenvalue weighted by Gasteiger charge is -1.94. The molecule has 80 valence electrons. The molecule has 0 bridgehead atoms. The Kier molecular flexibility index (Phi) is 2.28. The Balaban J connectivity index is 2.53. The van der Waals surface area contributed by atoms with E-state index < -0.39 is 0 Å². The number of nitrogens with zero attached hydrogens (tertiary/aromatic N) is 4. The van der Waals surface area contributed by atoms with E-state index in [2.05, 4.69) is 15.2 Å². The first-order valence-electron chi connectivity index (χ1n) is 4.57. The van der Waals surface area contributed by atoms with Gasteiger partial charge < -0.3 is 9.63 Å². The van der Waals surface area contributed by atoms with E-state index in [9.17, 15) is 0 Å². The van der Waals surface area contributed by atoms with Gasteiger partial charge in [-0.2, -0.15) is 10.1 Å². The smallest absolute Gasteiger partial charge is 0.261 e. The SMILES string of the molecule is Cc1nn(C)c(C)c1-c1nc(CO)no1. The van der Waals surface area contributed by atoms with Gasteiger partial charge in [0, 0.05) is 12.7 Å². The summed E-state index contributed by atoms with van der Waals surface area (Å²) in [5.41, 5.74) is 2.63. The van der Waals surface area contributed by atoms with Crippen LogP contribution in [0.3, 0.4) is 0 Å². The summed E-state index contributed by atoms with van der Waals surface area (Å²) < 4.78 is 6.80. The van der Waals surface area contributed by atoms with Crippen LogP contribution in [0.5, 0.6) is 0 Å². The first-order valence-corrected chi connectivity index (χ1v) is 4.57. The van der Waals surface area contributed by atoms with E-state index in [4.69, 9.17) is 9.63 Å². The van der Waals surface area contributed by atoms with Crippen molar-refractivity contribution in [2.24, 2.45) is 7.05 Å². The van der Waals surface area contributed by atoms with Crippen LogP contribution in [0, 0.1) is 13.8 Å². The summed E-state index contributed by atoms with van der Waals surface area (Å²) in [7, 11) is 1.86. The van der Waals surface area contributed by atoms with Gasteiger partial charge in [-0.3, -0.25) is 4.68 Å². The molecular weight excluding hydrogens is 196 g/mol. The van der Waals surface area contributed by atoms with Crippen LogP contribution in [0.4, 0.5) is 0 Å². The lowest BCUT2D eigenvalue weighted by atomic mass is 10.2. The summed E-state index contributed by atoms with van der Waals surface area (Å²) >= 11 is 0. The number of aromatic nitrogens is 4. The second-order valence-electron chi connectivity index (χ2n) is 3.34. The van der Waals surface area contributed by atoms with Crippen molar-refractivity contribution in [1.82, 2.24) is 19.9 Å². The maximum absolute atomic E-state index is 8.84. The van der Waals surface area contributed by atoms with Crippen LogP contribution in [-0.2, 0) is 13.7 Å². The van der Waals surface area contributed by atoms with E-state index in [0.29, 0.717) is 5.89 Å². The van der Waals surface area contributed by atoms with Crippen LogP contribution >= 0.6 is 0 Å². The zero-order valence-corrected chi connectivity index (χ0v) is 8.85. The van der Waals surface area contributed by atoms with E-state index in [-0.39, 0.29) is 12.4 Å². The second-order valence-corrected chi connectivity index (χ2v) is 3.34. The lowest BCUT2D eigenvalue weighted by molar-refractivity contribution is 0.264. The van der Waals surface area contributed by atoms with Crippen molar-refractivity contribution < 1.29 is 9.63 Å². The lowest BCUT2D eigenvalue weighted by Crippen LogP contribution is -1.92. The Labute approximate surface area is 86.5 Å². The molecule has 0 aliphatic heterocycles. The van der Waals surface area contributed by atoms with Gasteiger partial charge in [-0.05, 0) is 13.8 Å². The molecule has 0 amide bonds. The van der Waals surface area contributed by atoms with E-state index in [1.54, 1.807) is 4.68 Å². The highest BCUT2D eigenvalue weighted by Gasteiger charge is 2.17. The summed E-state index contributed by atoms with van der Waals surface area (Å²) in [6, 6.07) is 0. The van der Waals surface area contributed by atoms with Crippen LogP contribution in [-0.4, -0.2) is 25.0 Å². The topological polar surface area (TPSA) is 77.0 Å². The fourth-order valence-electron chi connectivity index (χ4n) is 1.50. The van der Waals surface area contributed by atoms with Crippen molar-refractivity contribution in [2.45, 2.75) is 20.5 Å². The molecule has 0 aliphatic rings. The monoisotopic (exact) mass is 208 g/mol. The van der Waals surface area contributed by atoms with Gasteiger partial charge in [-0.15, -0.1) is 0 Å². The molecule has 0 saturated heterocycles. The third kappa shape index (κ3) is 1.52. The first-order chi connectivity index (χ1) is 7.13. The van der Waals surface area contributed by atoms with Crippen molar-refractivity contribution >= 4 is 0 Å². The molecule has 2 rings (SSSR count). The second kappa shape index (κ2) is 3.47. The van der Waals surface area contributed by atoms with Gasteiger partial charge in [0.25, 0.3) is 5.89 Å². The Bertz CT molecular complexity index is 486. The molecule has 0 unspecified atom stereocenters. The number of aliphatic hydroxyl groups is 1. The average Bonchev–Trinajstić information content (AvgIpc) is 2.74. The number of rotatable bonds is 2. The molecular formula is C9H12N4O2. The van der Waals surface area contributed by atoms with E-state index >= 15 is 0 Å². The Hall–Kier alpha value is -1.69. The van der Waals surface area contributed by atoms with Crippen LogP contribution in [0.1, 0.15) is 17.2 Å². The zero-order valence-electron chi connectivity index (χ0n) is 8.85. The molecule has 0 fully saturated rings. The van der Waals surface area contributed by atoms with E-state index in [0.717, 1.165) is 17.0 Å². The molecule has 2 aromatic heterocycles. The summed E-state index contributed by atoms with van der Waals surface area (Å²) in [6.07, 6.45) is 0. The maximum Gasteiger partial charge on any atom is 0.261 e. The molecule has 6 nitrogen and oxygen atoms in total. The third-order valence-electron chi connectivity index (χ3n) is 2.33. The predicted octanol–water partition coefficient (Wildman–Crippen LogP) is 0.579. The molecule has 0 aliphatic carbocycles. The minimum atomic E-state index is -0.220. The van der Waals surface area contributed by atoms with Crippen molar-refractivity contribution in [3.8, 4) is 11.5 Å². The van der Waals surface area contributed by atoms with Crippen molar-refractivity contribution in [1.29, 1.82) is 0 Å². The number of hydrogen-bond donors (Lipinski definition) is 1. The van der Waals surface area contributed by atoms with Crippen molar-refractivity contribution in [2.75, 3.05) is 0 Å². The van der Waals surface area contributed by atoms with Crippen molar-refractivity contribution in [3.05, 3.63) is 17.2 Å². The van der Waals surface area contributed by atoms with Gasteiger partial charge in [-0.1, -0.05) is 5.16 Å². The van der Waals surface area contributed by atoms with Gasteiger partial charge in [0.2, 0.25) is 0 Å². The molecule has 0 radical (unpaired) electrons. The highest BCUT2D eigenvalue weighted by Crippen LogP contribution is 2.24. The minimum absolute atomic E-state index is 0.220. The highest BCUT2D eigenvalue weighted by molar-refractivity contribution is 5.59. The Morgan fingerprint density at radius 1 is 1.40 bits per heavy atom. The summed E-state index contributed by atoms with van der Waals surface area (Å²) in [6.45, 7) is 3.59. The molecule has 1 N–H and O–H groups in total. The zero-order chi connectivity index (χ0) is 11.0. The number of hydrogen-bond acceptors (Lipinski definition) is 5. The number of aliphatic hydroxyl groups excluding tert-OH is 1. The van der Waals surface area contributed by atoms with Gasteiger partial charge in [0.1, 0.15) is 6.61 Å². The van der Waals surface area contributed by atoms with Crippen LogP contribution in [0.2, 0.25) is 0 Å². The van der Waals surface area contributed by atoms with Crippen LogP contribution < -0.4 is 0 Å². The molecule has 2 aromatic rings. The molecule has 2 heterocycles. The molecule has 0 spiro atoms. The predicted molar refractivity (Wildman–Crippen MR) is 51.9 cm³/mol. The molecule has 0 atom stereocenters. The average molecular weight is 208 g/mol. The van der Waals surface area contributed by atoms with Crippen molar-refractivity contribution in [3.63, 3.8) is 0 Å². The van der Waals surface area contributed by atoms with Crippen LogP contribution in [0.15, 0.2) is 4.52 Å². The molecule has 0 aromatic carbocycles. The molecule has 0 saturated carbocycles. The Morgan fingerprint density at radius 2 is 2.13 bits per heavy atom. The summed E-state index contributed by atoms with van der Waals surface area (Å²) in [5, 5.41) is 16.7. The van der Waals surface area contributed by atoms with E-state index in [1.165, 1.54) is 0 Å². The quantitative estimate of drug-likeness (QED) is 0.781. The Morgan fingerprint density at radius 3 is 2.60 bits per heavy atom. The summed E-state index contributed by atoms with van der Waals surface area (Å²) in [4.78, 5) is 4.05. The number of aryl methyl sites for hydroxylation is 2. The van der Waals surface area contributed by atoms with Gasteiger partial charge in [0.15, 0.2) is 5.82 Å². The fraction of sp³-hybridized carbons (Fsp3) is 0.444. The normalized spacial score (nSPS) is 10.9. The summed E-state index contributed by atoms with van der Waals surface area (Å²) in [5.74, 6) is 0.690. The maximum atomic E-state index is 8.84. The van der Waals surface area contributed by atoms with Crippen LogP contribution in [0.25, 0.3) is 11.5 Å². The van der Waals surface area contributed by atoms with Gasteiger partial charge in [-0.25, -0.2) is 0 Å². The molecule has 6 heteroatoms. The minimum Gasteiger partial charge on any atom is -0.388 e. The standard InChI is InChI=1S/C9H12N4O2/c1-5-8(6(2)13(3)11-5)9-10-7(4-14)12-15-9/h14H,4H2,1-3H3. The van der Waals surface area contributed by atoms with Gasteiger partial charge in [0.05, 0.1) is 11.3 Å².